The van der Waals surface area contributed by atoms with E-state index in [1.54, 1.807) is 0 Å². The van der Waals surface area contributed by atoms with Crippen LogP contribution in [-0.4, -0.2) is 23.0 Å². The summed E-state index contributed by atoms with van der Waals surface area (Å²) < 4.78 is 0. The number of urea groups is 1. The van der Waals surface area contributed by atoms with Gasteiger partial charge in [0.1, 0.15) is 0 Å². The first kappa shape index (κ1) is 19.8. The number of benzene rings is 1. The van der Waals surface area contributed by atoms with Crippen LogP contribution in [0.4, 0.5) is 10.5 Å². The van der Waals surface area contributed by atoms with Gasteiger partial charge in [-0.3, -0.25) is 5.84 Å². The van der Waals surface area contributed by atoms with Crippen LogP contribution in [0.1, 0.15) is 56.9 Å². The summed E-state index contributed by atoms with van der Waals surface area (Å²) in [6.07, 6.45) is 9.95. The Morgan fingerprint density at radius 3 is 2.48 bits per heavy atom. The second kappa shape index (κ2) is 8.85. The Morgan fingerprint density at radius 1 is 1.26 bits per heavy atom. The van der Waals surface area contributed by atoms with Crippen molar-refractivity contribution in [3.63, 3.8) is 0 Å². The van der Waals surface area contributed by atoms with Crippen molar-refractivity contribution in [1.29, 1.82) is 0 Å². The summed E-state index contributed by atoms with van der Waals surface area (Å²) >= 11 is 6.31. The Balaban J connectivity index is 0.000000376. The second-order valence-corrected chi connectivity index (χ2v) is 8.25. The number of amides is 2. The number of nitrogens with one attached hydrogen (secondary N) is 2. The molecule has 5 rings (SSSR count). The quantitative estimate of drug-likeness (QED) is 0.464. The maximum Gasteiger partial charge on any atom is 0.322 e. The predicted octanol–water partition coefficient (Wildman–Crippen LogP) is 3.89. The van der Waals surface area contributed by atoms with Crippen molar-refractivity contribution in [2.24, 2.45) is 17.5 Å². The molecule has 2 bridgehead atoms. The summed E-state index contributed by atoms with van der Waals surface area (Å²) in [7, 11) is 0. The number of hydrogen-bond acceptors (Lipinski definition) is 4. The van der Waals surface area contributed by atoms with E-state index >= 15 is 0 Å². The number of halogens is 1. The number of hydrazine groups is 1. The summed E-state index contributed by atoms with van der Waals surface area (Å²) in [6.45, 7) is 2.29. The van der Waals surface area contributed by atoms with E-state index in [1.807, 2.05) is 12.1 Å². The van der Waals surface area contributed by atoms with Gasteiger partial charge in [-0.25, -0.2) is 4.79 Å². The second-order valence-electron chi connectivity index (χ2n) is 7.85. The van der Waals surface area contributed by atoms with Gasteiger partial charge in [-0.1, -0.05) is 24.9 Å². The standard InChI is InChI=1S/C18H23ClN2O.C2H7N3/c1-11-7-14-10-15(8-11)21(14)18(22)20-13-5-6-17(19)16(9-13)12-3-2-4-12;3-1-2-5-4/h5-6,9,11-12,14-15H,2-4,7-8,10H2,1H3,(H,20,22);1-2,5H,3-4H2/b;2-1-. The number of piperidine rings is 1. The highest BCUT2D eigenvalue weighted by Gasteiger charge is 2.46. The van der Waals surface area contributed by atoms with Crippen molar-refractivity contribution in [1.82, 2.24) is 10.3 Å². The molecule has 4 aliphatic rings. The molecule has 2 unspecified atom stereocenters. The number of rotatable bonds is 3. The van der Waals surface area contributed by atoms with E-state index in [2.05, 4.69) is 28.6 Å². The number of nitrogens with zero attached hydrogens (tertiary/aromatic N) is 1. The number of anilines is 1. The molecule has 4 fully saturated rings. The van der Waals surface area contributed by atoms with Crippen molar-refractivity contribution in [2.45, 2.75) is 63.5 Å². The van der Waals surface area contributed by atoms with Crippen molar-refractivity contribution in [2.75, 3.05) is 5.32 Å². The lowest BCUT2D eigenvalue weighted by Crippen LogP contribution is -2.63. The van der Waals surface area contributed by atoms with Crippen LogP contribution in [0.2, 0.25) is 5.02 Å². The number of nitrogens with two attached hydrogens (primary N) is 2. The minimum atomic E-state index is 0.0648. The molecule has 2 saturated heterocycles. The van der Waals surface area contributed by atoms with Crippen molar-refractivity contribution in [3.8, 4) is 0 Å². The number of fused-ring (bicyclic) bond motifs is 2. The highest BCUT2D eigenvalue weighted by atomic mass is 35.5. The molecule has 148 valence electrons. The van der Waals surface area contributed by atoms with E-state index in [-0.39, 0.29) is 6.03 Å². The molecule has 2 aliphatic heterocycles. The predicted molar refractivity (Wildman–Crippen MR) is 110 cm³/mol. The van der Waals surface area contributed by atoms with Gasteiger partial charge in [0, 0.05) is 35.2 Å². The molecule has 2 aliphatic carbocycles. The van der Waals surface area contributed by atoms with Crippen molar-refractivity contribution < 1.29 is 4.79 Å². The van der Waals surface area contributed by atoms with E-state index in [4.69, 9.17) is 23.2 Å². The van der Waals surface area contributed by atoms with Gasteiger partial charge in [-0.15, -0.1) is 0 Å². The smallest absolute Gasteiger partial charge is 0.322 e. The average molecular weight is 392 g/mol. The van der Waals surface area contributed by atoms with Crippen LogP contribution in [0.25, 0.3) is 0 Å². The number of hydrogen-bond donors (Lipinski definition) is 4. The molecule has 6 N–H and O–H groups in total. The SMILES string of the molecule is CC1CC2CC(C1)N2C(=O)Nc1ccc(Cl)c(C2CCC2)c1.N/C=C\NN. The fourth-order valence-electron chi connectivity index (χ4n) is 4.37. The van der Waals surface area contributed by atoms with E-state index in [0.29, 0.717) is 18.0 Å². The molecule has 27 heavy (non-hydrogen) atoms. The molecule has 1 aromatic rings. The Labute approximate surface area is 166 Å². The first-order valence-corrected chi connectivity index (χ1v) is 10.1. The van der Waals surface area contributed by atoms with Gasteiger partial charge in [0.2, 0.25) is 0 Å². The monoisotopic (exact) mass is 391 g/mol. The van der Waals surface area contributed by atoms with Crippen molar-refractivity contribution in [3.05, 3.63) is 41.2 Å². The topological polar surface area (TPSA) is 96.4 Å². The van der Waals surface area contributed by atoms with Crippen molar-refractivity contribution >= 4 is 23.3 Å². The third-order valence-electron chi connectivity index (χ3n) is 5.90. The summed E-state index contributed by atoms with van der Waals surface area (Å²) in [6, 6.07) is 6.88. The van der Waals surface area contributed by atoms with E-state index < -0.39 is 0 Å². The number of carbonyl (C=O) groups excluding carboxylic acids is 1. The molecule has 0 radical (unpaired) electrons. The zero-order valence-electron chi connectivity index (χ0n) is 15.8. The lowest BCUT2D eigenvalue weighted by atomic mass is 9.74. The number of carbonyl (C=O) groups is 1. The molecular formula is C20H30ClN5O. The first-order valence-electron chi connectivity index (χ1n) is 9.75. The van der Waals surface area contributed by atoms with Gasteiger partial charge in [0.05, 0.1) is 0 Å². The zero-order valence-corrected chi connectivity index (χ0v) is 16.6. The molecule has 0 aromatic heterocycles. The lowest BCUT2D eigenvalue weighted by Gasteiger charge is -2.54. The average Bonchev–Trinajstić information content (AvgIpc) is 2.57. The van der Waals surface area contributed by atoms with Crippen LogP contribution in [0, 0.1) is 5.92 Å². The van der Waals surface area contributed by atoms with Crippen LogP contribution >= 0.6 is 11.6 Å². The van der Waals surface area contributed by atoms with Crippen LogP contribution in [-0.2, 0) is 0 Å². The maximum absolute atomic E-state index is 12.5. The van der Waals surface area contributed by atoms with Crippen LogP contribution in [0.5, 0.6) is 0 Å². The van der Waals surface area contributed by atoms with Crippen LogP contribution in [0.15, 0.2) is 30.6 Å². The van der Waals surface area contributed by atoms with Gasteiger partial charge in [-0.05, 0) is 67.7 Å². The highest BCUT2D eigenvalue weighted by molar-refractivity contribution is 6.31. The fraction of sp³-hybridized carbons (Fsp3) is 0.550. The van der Waals surface area contributed by atoms with Gasteiger partial charge in [0.15, 0.2) is 0 Å². The Hall–Kier alpha value is -1.92. The fourth-order valence-corrected chi connectivity index (χ4v) is 4.65. The molecule has 2 amide bonds. The highest BCUT2D eigenvalue weighted by Crippen LogP contribution is 2.42. The maximum atomic E-state index is 12.5. The summed E-state index contributed by atoms with van der Waals surface area (Å²) in [5.74, 6) is 6.06. The van der Waals surface area contributed by atoms with Gasteiger partial charge < -0.3 is 21.4 Å². The van der Waals surface area contributed by atoms with Crippen LogP contribution in [0.3, 0.4) is 0 Å². The van der Waals surface area contributed by atoms with Gasteiger partial charge in [0.25, 0.3) is 0 Å². The Morgan fingerprint density at radius 2 is 1.96 bits per heavy atom. The molecule has 1 aromatic carbocycles. The largest absolute Gasteiger partial charge is 0.403 e. The van der Waals surface area contributed by atoms with Gasteiger partial charge >= 0.3 is 6.03 Å². The molecule has 2 atom stereocenters. The molecule has 0 spiro atoms. The summed E-state index contributed by atoms with van der Waals surface area (Å²) in [5.41, 5.74) is 9.11. The van der Waals surface area contributed by atoms with Gasteiger partial charge in [-0.2, -0.15) is 0 Å². The van der Waals surface area contributed by atoms with E-state index in [0.717, 1.165) is 29.5 Å². The van der Waals surface area contributed by atoms with E-state index in [9.17, 15) is 4.79 Å². The minimum Gasteiger partial charge on any atom is -0.403 e. The summed E-state index contributed by atoms with van der Waals surface area (Å²) in [4.78, 5) is 14.6. The third-order valence-corrected chi connectivity index (χ3v) is 6.24. The Bertz CT molecular complexity index is 679. The molecule has 2 saturated carbocycles. The first-order chi connectivity index (χ1) is 13.0. The molecule has 6 nitrogen and oxygen atoms in total. The summed E-state index contributed by atoms with van der Waals surface area (Å²) in [5, 5.41) is 3.92. The Kier molecular flexibility index (Phi) is 6.50. The lowest BCUT2D eigenvalue weighted by molar-refractivity contribution is -0.00601. The molecule has 7 heteroatoms. The molecule has 2 heterocycles. The van der Waals surface area contributed by atoms with E-state index in [1.165, 1.54) is 43.6 Å². The minimum absolute atomic E-state index is 0.0648. The van der Waals surface area contributed by atoms with Crippen LogP contribution < -0.4 is 22.3 Å². The normalized spacial score (nSPS) is 26.5. The zero-order chi connectivity index (χ0) is 19.4. The molecular weight excluding hydrogens is 362 g/mol. The third kappa shape index (κ3) is 4.50.